The zero-order valence-corrected chi connectivity index (χ0v) is 15.9. The Balaban J connectivity index is 0.000000231. The number of para-hydroxylation sites is 1. The summed E-state index contributed by atoms with van der Waals surface area (Å²) in [5.74, 6) is 0. The van der Waals surface area contributed by atoms with Crippen LogP contribution in [0, 0.1) is 0 Å². The normalized spacial score (nSPS) is 12.0. The molecular weight excluding hydrogens is 289 g/mol. The van der Waals surface area contributed by atoms with Crippen LogP contribution in [0.15, 0.2) is 24.3 Å². The topological polar surface area (TPSA) is 41.6 Å². The van der Waals surface area contributed by atoms with Gasteiger partial charge in [-0.25, -0.2) is 0 Å². The van der Waals surface area contributed by atoms with Crippen molar-refractivity contribution >= 4 is 18.3 Å². The quantitative estimate of drug-likeness (QED) is 0.667. The fourth-order valence-corrected chi connectivity index (χ4v) is 9.40. The van der Waals surface area contributed by atoms with Crippen LogP contribution >= 0.6 is 7.26 Å². The fourth-order valence-electron chi connectivity index (χ4n) is 3.66. The van der Waals surface area contributed by atoms with E-state index in [1.165, 1.54) is 25.7 Å². The Kier molecular flexibility index (Phi) is 9.31. The zero-order chi connectivity index (χ0) is 16.3. The maximum atomic E-state index is 3.81. The second-order valence-corrected chi connectivity index (χ2v) is 11.3. The van der Waals surface area contributed by atoms with Gasteiger partial charge < -0.3 is 0 Å². The van der Waals surface area contributed by atoms with Gasteiger partial charge in [0.05, 0.1) is 5.52 Å². The summed E-state index contributed by atoms with van der Waals surface area (Å²) < 4.78 is 0. The molecule has 4 heteroatoms. The predicted octanol–water partition coefficient (Wildman–Crippen LogP) is 5.33. The van der Waals surface area contributed by atoms with Gasteiger partial charge in [0, 0.05) is 0 Å². The number of aromatic amines is 1. The molecule has 0 aliphatic rings. The monoisotopic (exact) mass is 323 g/mol. The van der Waals surface area contributed by atoms with Crippen LogP contribution in [0.4, 0.5) is 0 Å². The van der Waals surface area contributed by atoms with E-state index >= 15 is 0 Å². The summed E-state index contributed by atoms with van der Waals surface area (Å²) in [6.07, 6.45) is 12.0. The molecule has 1 aromatic carbocycles. The van der Waals surface area contributed by atoms with Crippen molar-refractivity contribution in [3.8, 4) is 0 Å². The molecule has 2 aromatic rings. The second kappa shape index (κ2) is 10.7. The van der Waals surface area contributed by atoms with Crippen LogP contribution in [0.3, 0.4) is 0 Å². The molecule has 22 heavy (non-hydrogen) atoms. The summed E-state index contributed by atoms with van der Waals surface area (Å²) in [5, 5.41) is 10.2. The number of hydrogen-bond donors (Lipinski definition) is 1. The summed E-state index contributed by atoms with van der Waals surface area (Å²) in [7, 11) is -0.796. The minimum absolute atomic E-state index is 0.796. The molecule has 3 nitrogen and oxygen atoms in total. The first-order valence-electron chi connectivity index (χ1n) is 8.97. The molecule has 0 bridgehead atoms. The van der Waals surface area contributed by atoms with Crippen LogP contribution in [-0.4, -0.2) is 40.1 Å². The van der Waals surface area contributed by atoms with Crippen LogP contribution in [0.2, 0.25) is 0 Å². The van der Waals surface area contributed by atoms with Crippen LogP contribution in [0.5, 0.6) is 0 Å². The molecule has 0 amide bonds. The van der Waals surface area contributed by atoms with Gasteiger partial charge in [0.25, 0.3) is 0 Å². The third kappa shape index (κ3) is 6.04. The third-order valence-electron chi connectivity index (χ3n) is 4.35. The molecule has 126 valence electrons. The molecule has 1 heterocycles. The van der Waals surface area contributed by atoms with Gasteiger partial charge >= 0.3 is 85.3 Å². The number of nitrogens with zero attached hydrogens (tertiary/aromatic N) is 2. The van der Waals surface area contributed by atoms with Gasteiger partial charge in [-0.1, -0.05) is 17.3 Å². The molecule has 2 rings (SSSR count). The fraction of sp³-hybridized carbons (Fsp3) is 0.667. The van der Waals surface area contributed by atoms with E-state index in [9.17, 15) is 0 Å². The first-order valence-corrected chi connectivity index (χ1v) is 11.8. The summed E-state index contributed by atoms with van der Waals surface area (Å²) in [6, 6.07) is 7.74. The van der Waals surface area contributed by atoms with Crippen molar-refractivity contribution in [2.45, 2.75) is 53.4 Å². The zero-order valence-electron chi connectivity index (χ0n) is 14.9. The van der Waals surface area contributed by atoms with Crippen molar-refractivity contribution in [1.29, 1.82) is 0 Å². The summed E-state index contributed by atoms with van der Waals surface area (Å²) in [5.41, 5.74) is 1.90. The number of hydrogen-bond acceptors (Lipinski definition) is 2. The number of benzene rings is 1. The van der Waals surface area contributed by atoms with E-state index in [0.717, 1.165) is 11.0 Å². The van der Waals surface area contributed by atoms with Gasteiger partial charge in [0.1, 0.15) is 5.52 Å². The molecule has 0 aliphatic heterocycles. The molecule has 0 saturated heterocycles. The summed E-state index contributed by atoms with van der Waals surface area (Å²) in [4.78, 5) is 0. The summed E-state index contributed by atoms with van der Waals surface area (Å²) in [6.45, 7) is 9.46. The first-order chi connectivity index (χ1) is 10.7. The van der Waals surface area contributed by atoms with Crippen LogP contribution < -0.4 is 0 Å². The Hall–Kier alpha value is -0.950. The molecular formula is C18H34N3P. The molecule has 0 saturated carbocycles. The standard InChI is InChI=1S/C12H29P.C6H5N3/c1-5-9-13(10-6-2,11-7-3)12-8-4;1-2-4-6-5(3-1)7-9-8-6/h13H,5-12H2,1-4H3;1-4H,(H,7,8,9). The minimum Gasteiger partial charge on any atom is -0.258 e. The average molecular weight is 323 g/mol. The van der Waals surface area contributed by atoms with Crippen molar-refractivity contribution in [2.24, 2.45) is 0 Å². The molecule has 0 atom stereocenters. The molecule has 0 unspecified atom stereocenters. The average Bonchev–Trinajstić information content (AvgIpc) is 2.97. The number of fused-ring (bicyclic) bond motifs is 1. The van der Waals surface area contributed by atoms with Gasteiger partial charge in [-0.3, -0.25) is 5.10 Å². The number of aromatic nitrogens is 3. The molecule has 1 N–H and O–H groups in total. The van der Waals surface area contributed by atoms with Crippen molar-refractivity contribution in [3.05, 3.63) is 24.3 Å². The second-order valence-electron chi connectivity index (χ2n) is 6.33. The molecule has 1 aromatic heterocycles. The van der Waals surface area contributed by atoms with Crippen LogP contribution in [-0.2, 0) is 0 Å². The van der Waals surface area contributed by atoms with Gasteiger partial charge in [-0.05, 0) is 12.1 Å². The number of nitrogens with one attached hydrogen (secondary N) is 1. The van der Waals surface area contributed by atoms with Crippen molar-refractivity contribution in [3.63, 3.8) is 0 Å². The van der Waals surface area contributed by atoms with Crippen molar-refractivity contribution in [2.75, 3.05) is 24.6 Å². The molecule has 0 spiro atoms. The SMILES string of the molecule is CCC[PH](CCC)(CCC)CCC.c1ccc2[nH]nnc2c1. The summed E-state index contributed by atoms with van der Waals surface area (Å²) >= 11 is 0. The predicted molar refractivity (Wildman–Crippen MR) is 103 cm³/mol. The van der Waals surface area contributed by atoms with E-state index < -0.39 is 7.26 Å². The van der Waals surface area contributed by atoms with E-state index in [1.54, 1.807) is 24.6 Å². The Labute approximate surface area is 136 Å². The Morgan fingerprint density at radius 3 is 1.77 bits per heavy atom. The largest absolute Gasteiger partial charge is 0.258 e. The molecule has 0 fully saturated rings. The van der Waals surface area contributed by atoms with Crippen molar-refractivity contribution in [1.82, 2.24) is 15.4 Å². The third-order valence-corrected chi connectivity index (χ3v) is 10.6. The molecule has 0 radical (unpaired) electrons. The Morgan fingerprint density at radius 1 is 0.818 bits per heavy atom. The van der Waals surface area contributed by atoms with Gasteiger partial charge in [0.15, 0.2) is 0 Å². The van der Waals surface area contributed by atoms with E-state index in [0.29, 0.717) is 0 Å². The van der Waals surface area contributed by atoms with E-state index in [4.69, 9.17) is 0 Å². The maximum Gasteiger partial charge on any atom is 0.112 e. The maximum absolute atomic E-state index is 3.81. The van der Waals surface area contributed by atoms with Crippen LogP contribution in [0.25, 0.3) is 11.0 Å². The van der Waals surface area contributed by atoms with Crippen LogP contribution in [0.1, 0.15) is 53.4 Å². The van der Waals surface area contributed by atoms with Gasteiger partial charge in [-0.15, -0.1) is 5.10 Å². The smallest absolute Gasteiger partial charge is 0.112 e. The van der Waals surface area contributed by atoms with Gasteiger partial charge in [-0.2, -0.15) is 0 Å². The van der Waals surface area contributed by atoms with Crippen molar-refractivity contribution < 1.29 is 0 Å². The Bertz CT molecular complexity index is 450. The van der Waals surface area contributed by atoms with E-state index in [1.807, 2.05) is 24.3 Å². The minimum atomic E-state index is -0.796. The number of rotatable bonds is 8. The Morgan fingerprint density at radius 2 is 1.32 bits per heavy atom. The number of H-pyrrole nitrogens is 1. The van der Waals surface area contributed by atoms with E-state index in [2.05, 4.69) is 43.1 Å². The van der Waals surface area contributed by atoms with Gasteiger partial charge in [0.2, 0.25) is 0 Å². The first kappa shape index (κ1) is 19.1. The van der Waals surface area contributed by atoms with E-state index in [-0.39, 0.29) is 0 Å². The molecule has 0 aliphatic carbocycles.